The van der Waals surface area contributed by atoms with E-state index < -0.39 is 0 Å². The molecule has 0 bridgehead atoms. The number of methoxy groups -OCH3 is 1. The summed E-state index contributed by atoms with van der Waals surface area (Å²) < 4.78 is 11.4. The summed E-state index contributed by atoms with van der Waals surface area (Å²) in [5.41, 5.74) is 1.98. The van der Waals surface area contributed by atoms with Gasteiger partial charge in [0.25, 0.3) is 0 Å². The molecular formula is C19H23N3O3. The first-order chi connectivity index (χ1) is 12.2. The van der Waals surface area contributed by atoms with Gasteiger partial charge < -0.3 is 19.5 Å². The van der Waals surface area contributed by atoms with Gasteiger partial charge in [-0.2, -0.15) is 5.26 Å². The first kappa shape index (κ1) is 17.7. The number of hydrogen-bond donors (Lipinski definition) is 1. The summed E-state index contributed by atoms with van der Waals surface area (Å²) in [6.45, 7) is 1.48. The number of aliphatic hydroxyl groups is 1. The van der Waals surface area contributed by atoms with Crippen molar-refractivity contribution in [3.05, 3.63) is 23.5 Å². The fourth-order valence-corrected chi connectivity index (χ4v) is 3.32. The number of nitrogens with zero attached hydrogens (tertiary/aromatic N) is 3. The standard InChI is InChI=1S/C19H23N3O3/c1-24-17-10-18(11-17)25-16-4-6-22(7-5-16)19-9-15(3-2-8-23)21-13-14(19)12-20/h9,13,16-18,23H,4-8,10-11H2,1H3. The van der Waals surface area contributed by atoms with Crippen molar-refractivity contribution in [3.63, 3.8) is 0 Å². The Balaban J connectivity index is 1.59. The maximum absolute atomic E-state index is 9.35. The molecule has 1 saturated heterocycles. The van der Waals surface area contributed by atoms with Crippen molar-refractivity contribution in [2.45, 2.75) is 44.0 Å². The highest BCUT2D eigenvalue weighted by Crippen LogP contribution is 2.30. The van der Waals surface area contributed by atoms with Crippen LogP contribution in [0.15, 0.2) is 12.3 Å². The zero-order chi connectivity index (χ0) is 17.6. The largest absolute Gasteiger partial charge is 0.384 e. The van der Waals surface area contributed by atoms with E-state index in [0.29, 0.717) is 23.5 Å². The Morgan fingerprint density at radius 3 is 2.68 bits per heavy atom. The second kappa shape index (κ2) is 8.31. The van der Waals surface area contributed by atoms with Crippen molar-refractivity contribution in [2.75, 3.05) is 31.7 Å². The minimum atomic E-state index is -0.204. The Labute approximate surface area is 148 Å². The van der Waals surface area contributed by atoms with Crippen LogP contribution in [0.25, 0.3) is 0 Å². The van der Waals surface area contributed by atoms with Gasteiger partial charge in [0.15, 0.2) is 0 Å². The summed E-state index contributed by atoms with van der Waals surface area (Å²) in [6, 6.07) is 4.03. The number of nitriles is 1. The van der Waals surface area contributed by atoms with Crippen LogP contribution in [0.2, 0.25) is 0 Å². The van der Waals surface area contributed by atoms with Gasteiger partial charge >= 0.3 is 0 Å². The van der Waals surface area contributed by atoms with Crippen LogP contribution in [0.3, 0.4) is 0 Å². The minimum absolute atomic E-state index is 0.204. The molecule has 1 aromatic heterocycles. The molecule has 1 aromatic rings. The Morgan fingerprint density at radius 1 is 1.28 bits per heavy atom. The molecule has 0 aromatic carbocycles. The van der Waals surface area contributed by atoms with Crippen LogP contribution in [-0.2, 0) is 9.47 Å². The van der Waals surface area contributed by atoms with Gasteiger partial charge in [0.05, 0.1) is 29.6 Å². The first-order valence-electron chi connectivity index (χ1n) is 8.66. The number of piperidine rings is 1. The van der Waals surface area contributed by atoms with Crippen LogP contribution in [0.1, 0.15) is 36.9 Å². The molecule has 0 amide bonds. The van der Waals surface area contributed by atoms with Gasteiger partial charge in [-0.15, -0.1) is 0 Å². The van der Waals surface area contributed by atoms with Gasteiger partial charge in [-0.25, -0.2) is 4.98 Å². The van der Waals surface area contributed by atoms with Gasteiger partial charge in [-0.1, -0.05) is 5.92 Å². The van der Waals surface area contributed by atoms with Crippen molar-refractivity contribution in [3.8, 4) is 17.9 Å². The highest BCUT2D eigenvalue weighted by atomic mass is 16.5. The fraction of sp³-hybridized carbons (Fsp3) is 0.579. The molecule has 1 aliphatic heterocycles. The highest BCUT2D eigenvalue weighted by Gasteiger charge is 2.33. The van der Waals surface area contributed by atoms with Crippen LogP contribution in [0, 0.1) is 23.2 Å². The second-order valence-corrected chi connectivity index (χ2v) is 6.43. The highest BCUT2D eigenvalue weighted by molar-refractivity contribution is 5.60. The Kier molecular flexibility index (Phi) is 5.88. The van der Waals surface area contributed by atoms with E-state index in [9.17, 15) is 5.26 Å². The molecule has 25 heavy (non-hydrogen) atoms. The molecular weight excluding hydrogens is 318 g/mol. The third-order valence-electron chi connectivity index (χ3n) is 4.85. The third-order valence-corrected chi connectivity index (χ3v) is 4.85. The Morgan fingerprint density at radius 2 is 2.04 bits per heavy atom. The number of aromatic nitrogens is 1. The zero-order valence-electron chi connectivity index (χ0n) is 14.4. The Hall–Kier alpha value is -2.12. The maximum atomic E-state index is 9.35. The van der Waals surface area contributed by atoms with E-state index in [0.717, 1.165) is 44.5 Å². The van der Waals surface area contributed by atoms with Crippen LogP contribution in [0.5, 0.6) is 0 Å². The molecule has 1 saturated carbocycles. The van der Waals surface area contributed by atoms with Crippen LogP contribution in [-0.4, -0.2) is 55.2 Å². The summed E-state index contributed by atoms with van der Waals surface area (Å²) in [6.07, 6.45) is 6.39. The minimum Gasteiger partial charge on any atom is -0.384 e. The van der Waals surface area contributed by atoms with E-state index >= 15 is 0 Å². The lowest BCUT2D eigenvalue weighted by atomic mass is 9.91. The van der Waals surface area contributed by atoms with Gasteiger partial charge in [0.1, 0.15) is 18.4 Å². The molecule has 0 radical (unpaired) electrons. The molecule has 0 atom stereocenters. The normalized spacial score (nSPS) is 23.3. The van der Waals surface area contributed by atoms with E-state index in [1.54, 1.807) is 13.3 Å². The van der Waals surface area contributed by atoms with Crippen LogP contribution in [0.4, 0.5) is 5.69 Å². The molecule has 0 spiro atoms. The molecule has 6 nitrogen and oxygen atoms in total. The topological polar surface area (TPSA) is 78.6 Å². The van der Waals surface area contributed by atoms with E-state index in [2.05, 4.69) is 27.8 Å². The summed E-state index contributed by atoms with van der Waals surface area (Å²) in [7, 11) is 1.75. The summed E-state index contributed by atoms with van der Waals surface area (Å²) in [5.74, 6) is 5.39. The number of rotatable bonds is 4. The number of anilines is 1. The molecule has 0 unspecified atom stereocenters. The van der Waals surface area contributed by atoms with Gasteiger partial charge in [0.2, 0.25) is 0 Å². The molecule has 1 aliphatic carbocycles. The average Bonchev–Trinajstić information content (AvgIpc) is 2.63. The third kappa shape index (κ3) is 4.29. The van der Waals surface area contributed by atoms with Gasteiger partial charge in [0, 0.05) is 26.4 Å². The molecule has 6 heteroatoms. The van der Waals surface area contributed by atoms with Crippen molar-refractivity contribution in [1.82, 2.24) is 4.98 Å². The van der Waals surface area contributed by atoms with Crippen LogP contribution >= 0.6 is 0 Å². The average molecular weight is 341 g/mol. The van der Waals surface area contributed by atoms with E-state index in [1.165, 1.54) is 0 Å². The number of aliphatic hydroxyl groups excluding tert-OH is 1. The van der Waals surface area contributed by atoms with Crippen molar-refractivity contribution < 1.29 is 14.6 Å². The number of pyridine rings is 1. The molecule has 2 fully saturated rings. The van der Waals surface area contributed by atoms with Crippen molar-refractivity contribution in [2.24, 2.45) is 0 Å². The number of ether oxygens (including phenoxy) is 2. The molecule has 1 N–H and O–H groups in total. The van der Waals surface area contributed by atoms with Gasteiger partial charge in [-0.05, 0) is 37.7 Å². The summed E-state index contributed by atoms with van der Waals surface area (Å²) >= 11 is 0. The molecule has 3 rings (SSSR count). The molecule has 2 heterocycles. The van der Waals surface area contributed by atoms with Crippen molar-refractivity contribution in [1.29, 1.82) is 5.26 Å². The monoisotopic (exact) mass is 341 g/mol. The van der Waals surface area contributed by atoms with Crippen LogP contribution < -0.4 is 4.90 Å². The smallest absolute Gasteiger partial charge is 0.115 e. The lowest BCUT2D eigenvalue weighted by molar-refractivity contribution is -0.119. The van der Waals surface area contributed by atoms with E-state index in [-0.39, 0.29) is 12.7 Å². The zero-order valence-corrected chi connectivity index (χ0v) is 14.4. The SMILES string of the molecule is COC1CC(OC2CCN(c3cc(C#CCO)ncc3C#N)CC2)C1. The fourth-order valence-electron chi connectivity index (χ4n) is 3.32. The van der Waals surface area contributed by atoms with E-state index in [1.807, 2.05) is 6.07 Å². The molecule has 132 valence electrons. The van der Waals surface area contributed by atoms with Crippen molar-refractivity contribution >= 4 is 5.69 Å². The summed E-state index contributed by atoms with van der Waals surface area (Å²) in [5, 5.41) is 18.2. The van der Waals surface area contributed by atoms with Gasteiger partial charge in [-0.3, -0.25) is 0 Å². The maximum Gasteiger partial charge on any atom is 0.115 e. The quantitative estimate of drug-likeness (QED) is 0.836. The second-order valence-electron chi connectivity index (χ2n) is 6.43. The molecule has 2 aliphatic rings. The van der Waals surface area contributed by atoms with E-state index in [4.69, 9.17) is 14.6 Å². The Bertz CT molecular complexity index is 690. The lowest BCUT2D eigenvalue weighted by Gasteiger charge is -2.40. The first-order valence-corrected chi connectivity index (χ1v) is 8.66. The summed E-state index contributed by atoms with van der Waals surface area (Å²) in [4.78, 5) is 6.36. The number of hydrogen-bond acceptors (Lipinski definition) is 6. The lowest BCUT2D eigenvalue weighted by Crippen LogP contribution is -2.43. The predicted molar refractivity (Wildman–Crippen MR) is 93.1 cm³/mol. The predicted octanol–water partition coefficient (Wildman–Crippen LogP) is 1.46.